The predicted molar refractivity (Wildman–Crippen MR) is 112 cm³/mol. The number of aromatic nitrogens is 2. The van der Waals surface area contributed by atoms with Crippen LogP contribution < -0.4 is 10.1 Å². The Bertz CT molecular complexity index is 742. The minimum absolute atomic E-state index is 0.103. The molecule has 1 aliphatic rings. The number of carbonyl (C=O) groups excluding carboxylic acids is 1. The molecular formula is C22H32N4O3. The minimum atomic E-state index is -0.103. The van der Waals surface area contributed by atoms with Crippen LogP contribution in [-0.2, 0) is 11.3 Å². The second kappa shape index (κ2) is 11.0. The number of carbonyl (C=O) groups is 1. The van der Waals surface area contributed by atoms with Gasteiger partial charge in [0.05, 0.1) is 6.61 Å². The molecule has 2 heterocycles. The lowest BCUT2D eigenvalue weighted by Crippen LogP contribution is -2.43. The van der Waals surface area contributed by atoms with Gasteiger partial charge in [-0.25, -0.2) is 0 Å². The minimum Gasteiger partial charge on any atom is -0.490 e. The summed E-state index contributed by atoms with van der Waals surface area (Å²) in [4.78, 5) is 14.7. The molecule has 0 aliphatic carbocycles. The molecule has 0 bridgehead atoms. The van der Waals surface area contributed by atoms with Gasteiger partial charge in [-0.2, -0.15) is 5.10 Å². The van der Waals surface area contributed by atoms with E-state index in [2.05, 4.69) is 22.2 Å². The van der Waals surface area contributed by atoms with Gasteiger partial charge in [-0.05, 0) is 50.5 Å². The number of amides is 1. The zero-order chi connectivity index (χ0) is 20.5. The van der Waals surface area contributed by atoms with E-state index in [0.717, 1.165) is 44.6 Å². The van der Waals surface area contributed by atoms with E-state index < -0.39 is 0 Å². The molecule has 1 aliphatic heterocycles. The van der Waals surface area contributed by atoms with Crippen molar-refractivity contribution in [2.75, 3.05) is 33.4 Å². The topological polar surface area (TPSA) is 68.6 Å². The second-order valence-corrected chi connectivity index (χ2v) is 7.54. The molecule has 0 spiro atoms. The maximum atomic E-state index is 12.2. The Hall–Kier alpha value is -2.38. The summed E-state index contributed by atoms with van der Waals surface area (Å²) in [5, 5.41) is 7.11. The molecule has 2 aromatic rings. The van der Waals surface area contributed by atoms with E-state index in [9.17, 15) is 4.79 Å². The van der Waals surface area contributed by atoms with E-state index >= 15 is 0 Å². The molecule has 1 aromatic heterocycles. The largest absolute Gasteiger partial charge is 0.490 e. The summed E-state index contributed by atoms with van der Waals surface area (Å²) in [5.74, 6) is 0.655. The molecule has 0 unspecified atom stereocenters. The molecule has 1 atom stereocenters. The number of likely N-dealkylation sites (tertiary alicyclic amines) is 1. The Kier molecular flexibility index (Phi) is 8.07. The Morgan fingerprint density at radius 3 is 2.86 bits per heavy atom. The fourth-order valence-corrected chi connectivity index (χ4v) is 3.64. The zero-order valence-electron chi connectivity index (χ0n) is 17.4. The van der Waals surface area contributed by atoms with Crippen LogP contribution >= 0.6 is 0 Å². The normalized spacial score (nSPS) is 16.5. The summed E-state index contributed by atoms with van der Waals surface area (Å²) in [6.07, 6.45) is 7.11. The third kappa shape index (κ3) is 6.58. The number of aryl methyl sites for hydroxylation is 1. The summed E-state index contributed by atoms with van der Waals surface area (Å²) in [6.45, 7) is 6.29. The van der Waals surface area contributed by atoms with Crippen LogP contribution in [-0.4, -0.2) is 66.1 Å². The van der Waals surface area contributed by atoms with Crippen LogP contribution in [0.25, 0.3) is 0 Å². The first-order valence-electron chi connectivity index (χ1n) is 10.4. The Balaban J connectivity index is 1.43. The first kappa shape index (κ1) is 21.3. The molecule has 1 N–H and O–H groups in total. The van der Waals surface area contributed by atoms with E-state index in [-0.39, 0.29) is 12.0 Å². The summed E-state index contributed by atoms with van der Waals surface area (Å²) in [7, 11) is 1.62. The van der Waals surface area contributed by atoms with E-state index in [1.165, 1.54) is 0 Å². The van der Waals surface area contributed by atoms with Crippen LogP contribution in [0.3, 0.4) is 0 Å². The maximum absolute atomic E-state index is 12.2. The van der Waals surface area contributed by atoms with Crippen LogP contribution in [0.15, 0.2) is 42.7 Å². The average Bonchev–Trinajstić information content (AvgIpc) is 3.26. The molecule has 29 heavy (non-hydrogen) atoms. The first-order chi connectivity index (χ1) is 14.2. The quantitative estimate of drug-likeness (QED) is 0.621. The molecule has 0 saturated carbocycles. The van der Waals surface area contributed by atoms with Gasteiger partial charge in [0.25, 0.3) is 5.91 Å². The Morgan fingerprint density at radius 2 is 2.14 bits per heavy atom. The van der Waals surface area contributed by atoms with E-state index in [1.807, 2.05) is 41.3 Å². The highest BCUT2D eigenvalue weighted by Crippen LogP contribution is 2.22. The molecule has 1 fully saturated rings. The number of nitrogens with one attached hydrogen (secondary N) is 1. The van der Waals surface area contributed by atoms with Crippen molar-refractivity contribution < 1.29 is 14.3 Å². The van der Waals surface area contributed by atoms with Crippen molar-refractivity contribution in [3.05, 3.63) is 48.3 Å². The van der Waals surface area contributed by atoms with Crippen molar-refractivity contribution >= 4 is 5.91 Å². The fourth-order valence-electron chi connectivity index (χ4n) is 3.64. The van der Waals surface area contributed by atoms with Crippen molar-refractivity contribution in [2.45, 2.75) is 44.9 Å². The molecule has 1 saturated heterocycles. The van der Waals surface area contributed by atoms with Gasteiger partial charge in [0, 0.05) is 57.3 Å². The number of methoxy groups -OCH3 is 1. The molecule has 1 aromatic carbocycles. The predicted octanol–water partition coefficient (Wildman–Crippen LogP) is 2.58. The number of benzene rings is 1. The number of hydrogen-bond acceptors (Lipinski definition) is 5. The van der Waals surface area contributed by atoms with E-state index in [1.54, 1.807) is 13.2 Å². The highest BCUT2D eigenvalue weighted by molar-refractivity contribution is 5.94. The summed E-state index contributed by atoms with van der Waals surface area (Å²) >= 11 is 0. The van der Waals surface area contributed by atoms with E-state index in [4.69, 9.17) is 9.47 Å². The molecule has 0 radical (unpaired) electrons. The van der Waals surface area contributed by atoms with Gasteiger partial charge in [0.15, 0.2) is 0 Å². The lowest BCUT2D eigenvalue weighted by Gasteiger charge is -2.36. The summed E-state index contributed by atoms with van der Waals surface area (Å²) < 4.78 is 13.1. The third-order valence-electron chi connectivity index (χ3n) is 5.43. The van der Waals surface area contributed by atoms with Crippen molar-refractivity contribution in [1.29, 1.82) is 0 Å². The van der Waals surface area contributed by atoms with Crippen LogP contribution in [0.5, 0.6) is 5.75 Å². The fraction of sp³-hybridized carbons (Fsp3) is 0.545. The highest BCUT2D eigenvalue weighted by atomic mass is 16.5. The first-order valence-corrected chi connectivity index (χ1v) is 10.4. The smallest absolute Gasteiger partial charge is 0.251 e. The van der Waals surface area contributed by atoms with Gasteiger partial charge in [0.1, 0.15) is 11.9 Å². The molecule has 3 rings (SSSR count). The second-order valence-electron chi connectivity index (χ2n) is 7.54. The van der Waals surface area contributed by atoms with Gasteiger partial charge < -0.3 is 19.7 Å². The number of nitrogens with zero attached hydrogens (tertiary/aromatic N) is 3. The molecule has 1 amide bonds. The van der Waals surface area contributed by atoms with Crippen molar-refractivity contribution in [3.63, 3.8) is 0 Å². The van der Waals surface area contributed by atoms with Gasteiger partial charge in [-0.15, -0.1) is 0 Å². The van der Waals surface area contributed by atoms with Gasteiger partial charge in [-0.3, -0.25) is 9.48 Å². The lowest BCUT2D eigenvalue weighted by molar-refractivity contribution is 0.0757. The van der Waals surface area contributed by atoms with Crippen LogP contribution in [0.4, 0.5) is 0 Å². The van der Waals surface area contributed by atoms with Crippen molar-refractivity contribution in [2.24, 2.45) is 0 Å². The lowest BCUT2D eigenvalue weighted by atomic mass is 10.0. The molecular weight excluding hydrogens is 368 g/mol. The SMILES string of the molecule is COCCNC(=O)c1cccc(OC2CCN([C@@H](C)CCn3cccn3)CC2)c1. The molecule has 7 nitrogen and oxygen atoms in total. The Labute approximate surface area is 173 Å². The number of piperidine rings is 1. The molecule has 7 heteroatoms. The zero-order valence-corrected chi connectivity index (χ0v) is 17.4. The molecule has 158 valence electrons. The third-order valence-corrected chi connectivity index (χ3v) is 5.43. The standard InChI is InChI=1S/C22H32N4O3/c1-18(7-15-26-12-4-10-24-26)25-13-8-20(9-14-25)29-21-6-3-5-19(17-21)22(27)23-11-16-28-2/h3-6,10,12,17-18,20H,7-9,11,13-16H2,1-2H3,(H,23,27)/t18-/m0/s1. The average molecular weight is 401 g/mol. The van der Waals surface area contributed by atoms with E-state index in [0.29, 0.717) is 24.8 Å². The van der Waals surface area contributed by atoms with Crippen LogP contribution in [0, 0.1) is 0 Å². The number of rotatable bonds is 10. The van der Waals surface area contributed by atoms with Crippen LogP contribution in [0.2, 0.25) is 0 Å². The van der Waals surface area contributed by atoms with Gasteiger partial charge in [0.2, 0.25) is 0 Å². The van der Waals surface area contributed by atoms with Gasteiger partial charge >= 0.3 is 0 Å². The maximum Gasteiger partial charge on any atom is 0.251 e. The van der Waals surface area contributed by atoms with Crippen molar-refractivity contribution in [3.8, 4) is 5.75 Å². The monoisotopic (exact) mass is 400 g/mol. The van der Waals surface area contributed by atoms with Crippen molar-refractivity contribution in [1.82, 2.24) is 20.0 Å². The van der Waals surface area contributed by atoms with Crippen LogP contribution in [0.1, 0.15) is 36.5 Å². The number of ether oxygens (including phenoxy) is 2. The van der Waals surface area contributed by atoms with Gasteiger partial charge in [-0.1, -0.05) is 6.07 Å². The summed E-state index contributed by atoms with van der Waals surface area (Å²) in [5.41, 5.74) is 0.614. The Morgan fingerprint density at radius 1 is 1.31 bits per heavy atom. The highest BCUT2D eigenvalue weighted by Gasteiger charge is 2.24. The summed E-state index contributed by atoms with van der Waals surface area (Å²) in [6, 6.07) is 9.91. The number of hydrogen-bond donors (Lipinski definition) is 1.